The Bertz CT molecular complexity index is 784. The van der Waals surface area contributed by atoms with Gasteiger partial charge in [-0.2, -0.15) is 0 Å². The van der Waals surface area contributed by atoms with E-state index in [1.807, 2.05) is 30.3 Å². The van der Waals surface area contributed by atoms with Crippen LogP contribution in [0.5, 0.6) is 0 Å². The number of rotatable bonds is 3. The first-order valence-electron chi connectivity index (χ1n) is 7.31. The minimum absolute atomic E-state index is 0.116. The molecule has 23 heavy (non-hydrogen) atoms. The molecule has 0 unspecified atom stereocenters. The lowest BCUT2D eigenvalue weighted by Gasteiger charge is -2.22. The van der Waals surface area contributed by atoms with Crippen molar-refractivity contribution in [1.29, 1.82) is 0 Å². The molecular weight excluding hydrogens is 292 g/mol. The fourth-order valence-electron chi connectivity index (χ4n) is 2.73. The molecule has 0 fully saturated rings. The van der Waals surface area contributed by atoms with Gasteiger partial charge >= 0.3 is 0 Å². The van der Waals surface area contributed by atoms with E-state index < -0.39 is 5.91 Å². The van der Waals surface area contributed by atoms with Gasteiger partial charge in [-0.25, -0.2) is 0 Å². The fraction of sp³-hybridized carbons (Fsp3) is 0.167. The van der Waals surface area contributed by atoms with Crippen LogP contribution in [0.15, 0.2) is 48.5 Å². The van der Waals surface area contributed by atoms with Gasteiger partial charge in [-0.3, -0.25) is 19.7 Å². The van der Waals surface area contributed by atoms with E-state index in [0.29, 0.717) is 23.2 Å². The van der Waals surface area contributed by atoms with Gasteiger partial charge in [0.25, 0.3) is 11.8 Å². The molecule has 3 rings (SSSR count). The van der Waals surface area contributed by atoms with Crippen molar-refractivity contribution in [2.75, 3.05) is 7.05 Å². The zero-order valence-electron chi connectivity index (χ0n) is 12.7. The van der Waals surface area contributed by atoms with Crippen LogP contribution in [0.25, 0.3) is 0 Å². The highest BCUT2D eigenvalue weighted by atomic mass is 16.2. The van der Waals surface area contributed by atoms with Crippen LogP contribution < -0.4 is 5.32 Å². The number of carbonyl (C=O) groups excluding carboxylic acids is 3. The standard InChI is InChI=1S/C18H16N2O3/c1-20(11-12-6-3-2-4-7-12)18(23)14-9-5-8-13-10-15(21)19-17(22)16(13)14/h2-9H,10-11H2,1H3,(H,19,21,22). The average Bonchev–Trinajstić information content (AvgIpc) is 2.54. The van der Waals surface area contributed by atoms with Gasteiger partial charge in [0, 0.05) is 13.6 Å². The van der Waals surface area contributed by atoms with Gasteiger partial charge in [0.1, 0.15) is 0 Å². The van der Waals surface area contributed by atoms with Gasteiger partial charge in [0.15, 0.2) is 0 Å². The highest BCUT2D eigenvalue weighted by molar-refractivity contribution is 6.15. The van der Waals surface area contributed by atoms with E-state index >= 15 is 0 Å². The summed E-state index contributed by atoms with van der Waals surface area (Å²) in [6.45, 7) is 0.448. The quantitative estimate of drug-likeness (QED) is 0.879. The number of hydrogen-bond donors (Lipinski definition) is 1. The molecule has 5 heteroatoms. The molecule has 2 aromatic rings. The van der Waals surface area contributed by atoms with E-state index in [-0.39, 0.29) is 18.2 Å². The molecule has 0 saturated carbocycles. The first-order chi connectivity index (χ1) is 11.1. The number of imide groups is 1. The van der Waals surface area contributed by atoms with Crippen LogP contribution in [-0.4, -0.2) is 29.7 Å². The maximum absolute atomic E-state index is 12.7. The van der Waals surface area contributed by atoms with Crippen LogP contribution in [-0.2, 0) is 17.8 Å². The van der Waals surface area contributed by atoms with Crippen LogP contribution >= 0.6 is 0 Å². The van der Waals surface area contributed by atoms with Gasteiger partial charge in [0.05, 0.1) is 17.5 Å². The molecule has 2 aromatic carbocycles. The number of amides is 3. The van der Waals surface area contributed by atoms with Crippen molar-refractivity contribution in [2.45, 2.75) is 13.0 Å². The highest BCUT2D eigenvalue weighted by Gasteiger charge is 2.28. The summed E-state index contributed by atoms with van der Waals surface area (Å²) in [5.41, 5.74) is 2.23. The molecule has 0 atom stereocenters. The second-order valence-electron chi connectivity index (χ2n) is 5.54. The lowest BCUT2D eigenvalue weighted by Crippen LogP contribution is -2.39. The summed E-state index contributed by atoms with van der Waals surface area (Å²) in [6.07, 6.45) is 0.116. The molecule has 0 aliphatic carbocycles. The Balaban J connectivity index is 1.90. The third-order valence-electron chi connectivity index (χ3n) is 3.82. The molecule has 1 aliphatic rings. The highest BCUT2D eigenvalue weighted by Crippen LogP contribution is 2.21. The molecule has 116 valence electrons. The van der Waals surface area contributed by atoms with E-state index in [4.69, 9.17) is 0 Å². The molecular formula is C18H16N2O3. The molecule has 1 heterocycles. The number of benzene rings is 2. The normalized spacial score (nSPS) is 13.3. The minimum atomic E-state index is -0.506. The number of nitrogens with one attached hydrogen (secondary N) is 1. The number of nitrogens with zero attached hydrogens (tertiary/aromatic N) is 1. The van der Waals surface area contributed by atoms with Gasteiger partial charge in [0.2, 0.25) is 5.91 Å². The second-order valence-corrected chi connectivity index (χ2v) is 5.54. The van der Waals surface area contributed by atoms with Crippen molar-refractivity contribution < 1.29 is 14.4 Å². The van der Waals surface area contributed by atoms with Crippen molar-refractivity contribution >= 4 is 17.7 Å². The predicted molar refractivity (Wildman–Crippen MR) is 84.9 cm³/mol. The fourth-order valence-corrected chi connectivity index (χ4v) is 2.73. The van der Waals surface area contributed by atoms with Gasteiger partial charge in [-0.05, 0) is 17.2 Å². The van der Waals surface area contributed by atoms with Gasteiger partial charge in [-0.15, -0.1) is 0 Å². The summed E-state index contributed by atoms with van der Waals surface area (Å²) in [7, 11) is 1.70. The maximum atomic E-state index is 12.7. The number of hydrogen-bond acceptors (Lipinski definition) is 3. The van der Waals surface area contributed by atoms with Gasteiger partial charge in [-0.1, -0.05) is 42.5 Å². The van der Waals surface area contributed by atoms with E-state index in [9.17, 15) is 14.4 Å². The third kappa shape index (κ3) is 2.99. The van der Waals surface area contributed by atoms with Crippen molar-refractivity contribution in [3.63, 3.8) is 0 Å². The first kappa shape index (κ1) is 15.0. The van der Waals surface area contributed by atoms with E-state index in [1.165, 1.54) is 0 Å². The largest absolute Gasteiger partial charge is 0.337 e. The van der Waals surface area contributed by atoms with Crippen molar-refractivity contribution in [2.24, 2.45) is 0 Å². The second kappa shape index (κ2) is 6.04. The molecule has 0 spiro atoms. The monoisotopic (exact) mass is 308 g/mol. The van der Waals surface area contributed by atoms with Crippen LogP contribution in [0.3, 0.4) is 0 Å². The Labute approximate surface area is 133 Å². The van der Waals surface area contributed by atoms with Crippen molar-refractivity contribution in [3.05, 3.63) is 70.8 Å². The summed E-state index contributed by atoms with van der Waals surface area (Å²) in [6, 6.07) is 14.7. The van der Waals surface area contributed by atoms with Crippen LogP contribution in [0, 0.1) is 0 Å². The molecule has 0 saturated heterocycles. The third-order valence-corrected chi connectivity index (χ3v) is 3.82. The summed E-state index contributed by atoms with van der Waals surface area (Å²) in [5.74, 6) is -1.09. The Morgan fingerprint density at radius 2 is 1.83 bits per heavy atom. The Kier molecular flexibility index (Phi) is 3.93. The molecule has 0 bridgehead atoms. The van der Waals surface area contributed by atoms with E-state index in [2.05, 4.69) is 5.32 Å². The zero-order valence-corrected chi connectivity index (χ0v) is 12.7. The van der Waals surface area contributed by atoms with E-state index in [0.717, 1.165) is 5.56 Å². The smallest absolute Gasteiger partial charge is 0.258 e. The van der Waals surface area contributed by atoms with E-state index in [1.54, 1.807) is 30.1 Å². The number of fused-ring (bicyclic) bond motifs is 1. The maximum Gasteiger partial charge on any atom is 0.258 e. The topological polar surface area (TPSA) is 66.5 Å². The Morgan fingerprint density at radius 1 is 1.09 bits per heavy atom. The SMILES string of the molecule is CN(Cc1ccccc1)C(=O)c1cccc2c1C(=O)NC(=O)C2. The first-order valence-corrected chi connectivity index (χ1v) is 7.31. The summed E-state index contributed by atoms with van der Waals surface area (Å²) in [4.78, 5) is 37.8. The summed E-state index contributed by atoms with van der Waals surface area (Å²) < 4.78 is 0. The molecule has 1 N–H and O–H groups in total. The molecule has 1 aliphatic heterocycles. The number of carbonyl (C=O) groups is 3. The lowest BCUT2D eigenvalue weighted by molar-refractivity contribution is -0.119. The predicted octanol–water partition coefficient (Wildman–Crippen LogP) is 1.77. The van der Waals surface area contributed by atoms with Crippen molar-refractivity contribution in [3.8, 4) is 0 Å². The average molecular weight is 308 g/mol. The van der Waals surface area contributed by atoms with Crippen LogP contribution in [0.2, 0.25) is 0 Å². The molecule has 0 radical (unpaired) electrons. The molecule has 0 aromatic heterocycles. The molecule has 3 amide bonds. The molecule has 5 nitrogen and oxygen atoms in total. The Morgan fingerprint density at radius 3 is 2.57 bits per heavy atom. The zero-order chi connectivity index (χ0) is 16.4. The Hall–Kier alpha value is -2.95. The minimum Gasteiger partial charge on any atom is -0.337 e. The van der Waals surface area contributed by atoms with Gasteiger partial charge < -0.3 is 4.90 Å². The lowest BCUT2D eigenvalue weighted by atomic mass is 9.94. The summed E-state index contributed by atoms with van der Waals surface area (Å²) >= 11 is 0. The summed E-state index contributed by atoms with van der Waals surface area (Å²) in [5, 5.41) is 2.27. The van der Waals surface area contributed by atoms with Crippen molar-refractivity contribution in [1.82, 2.24) is 10.2 Å². The van der Waals surface area contributed by atoms with Crippen LogP contribution in [0.1, 0.15) is 31.8 Å². The van der Waals surface area contributed by atoms with Crippen LogP contribution in [0.4, 0.5) is 0 Å².